The summed E-state index contributed by atoms with van der Waals surface area (Å²) < 4.78 is 28.1. The number of carboxylic acid groups (broad SMARTS) is 1. The van der Waals surface area contributed by atoms with Gasteiger partial charge >= 0.3 is 12.6 Å². The zero-order valence-electron chi connectivity index (χ0n) is 8.74. The number of aromatic carboxylic acids is 1. The molecule has 0 fully saturated rings. The van der Waals surface area contributed by atoms with E-state index in [-0.39, 0.29) is 17.0 Å². The summed E-state index contributed by atoms with van der Waals surface area (Å²) in [4.78, 5) is 21.5. The first kappa shape index (κ1) is 12.9. The number of carbonyl (C=O) groups excluding carboxylic acids is 1. The predicted molar refractivity (Wildman–Crippen MR) is 54.3 cm³/mol. The number of rotatable bonds is 4. The zero-order chi connectivity index (χ0) is 13.0. The Labute approximate surface area is 95.0 Å². The summed E-state index contributed by atoms with van der Waals surface area (Å²) in [6, 6.07) is 3.20. The Balaban J connectivity index is 3.09. The van der Waals surface area contributed by atoms with E-state index in [0.29, 0.717) is 0 Å². The number of anilines is 1. The van der Waals surface area contributed by atoms with Gasteiger partial charge in [0.2, 0.25) is 5.91 Å². The molecule has 0 aromatic heterocycles. The highest BCUT2D eigenvalue weighted by Gasteiger charge is 2.11. The van der Waals surface area contributed by atoms with E-state index < -0.39 is 18.5 Å². The van der Waals surface area contributed by atoms with Gasteiger partial charge in [-0.05, 0) is 12.1 Å². The number of hydrogen-bond acceptors (Lipinski definition) is 3. The molecule has 5 nitrogen and oxygen atoms in total. The van der Waals surface area contributed by atoms with E-state index in [1.165, 1.54) is 6.92 Å². The zero-order valence-corrected chi connectivity index (χ0v) is 8.74. The molecule has 0 bridgehead atoms. The van der Waals surface area contributed by atoms with Crippen LogP contribution >= 0.6 is 0 Å². The second-order valence-electron chi connectivity index (χ2n) is 3.11. The lowest BCUT2D eigenvalue weighted by atomic mass is 10.2. The molecule has 0 saturated carbocycles. The average molecular weight is 245 g/mol. The highest BCUT2D eigenvalue weighted by molar-refractivity contribution is 5.93. The SMILES string of the molecule is CC(=O)Nc1cc(OC(F)F)cc(C(=O)O)c1. The molecule has 1 aromatic rings. The van der Waals surface area contributed by atoms with Gasteiger partial charge in [-0.2, -0.15) is 8.78 Å². The first-order valence-electron chi connectivity index (χ1n) is 4.49. The van der Waals surface area contributed by atoms with Crippen LogP contribution in [0.1, 0.15) is 17.3 Å². The van der Waals surface area contributed by atoms with Crippen LogP contribution < -0.4 is 10.1 Å². The number of amides is 1. The number of ether oxygens (including phenoxy) is 1. The van der Waals surface area contributed by atoms with Gasteiger partial charge in [-0.3, -0.25) is 4.79 Å². The van der Waals surface area contributed by atoms with Crippen molar-refractivity contribution in [1.29, 1.82) is 0 Å². The van der Waals surface area contributed by atoms with Crippen LogP contribution in [-0.2, 0) is 4.79 Å². The minimum Gasteiger partial charge on any atom is -0.478 e. The Morgan fingerprint density at radius 2 is 2.00 bits per heavy atom. The lowest BCUT2D eigenvalue weighted by Crippen LogP contribution is -2.09. The molecule has 0 aliphatic carbocycles. The van der Waals surface area contributed by atoms with E-state index >= 15 is 0 Å². The molecule has 0 saturated heterocycles. The molecule has 2 N–H and O–H groups in total. The predicted octanol–water partition coefficient (Wildman–Crippen LogP) is 1.94. The van der Waals surface area contributed by atoms with Crippen molar-refractivity contribution in [3.05, 3.63) is 23.8 Å². The number of carbonyl (C=O) groups is 2. The fourth-order valence-electron chi connectivity index (χ4n) is 1.17. The van der Waals surface area contributed by atoms with Gasteiger partial charge in [0.05, 0.1) is 5.56 Å². The summed E-state index contributed by atoms with van der Waals surface area (Å²) in [6.45, 7) is -1.86. The van der Waals surface area contributed by atoms with Gasteiger partial charge in [0.25, 0.3) is 0 Å². The van der Waals surface area contributed by atoms with E-state index in [9.17, 15) is 18.4 Å². The molecule has 0 heterocycles. The largest absolute Gasteiger partial charge is 0.478 e. The van der Waals surface area contributed by atoms with E-state index in [0.717, 1.165) is 18.2 Å². The Morgan fingerprint density at radius 3 is 2.47 bits per heavy atom. The fraction of sp³-hybridized carbons (Fsp3) is 0.200. The van der Waals surface area contributed by atoms with Crippen LogP contribution in [0.5, 0.6) is 5.75 Å². The van der Waals surface area contributed by atoms with Crippen LogP contribution in [0.25, 0.3) is 0 Å². The lowest BCUT2D eigenvalue weighted by Gasteiger charge is -2.09. The summed E-state index contributed by atoms with van der Waals surface area (Å²) in [5.74, 6) is -2.09. The Kier molecular flexibility index (Phi) is 3.97. The average Bonchev–Trinajstić information content (AvgIpc) is 2.14. The number of nitrogens with one attached hydrogen (secondary N) is 1. The van der Waals surface area contributed by atoms with Crippen molar-refractivity contribution in [3.63, 3.8) is 0 Å². The molecule has 17 heavy (non-hydrogen) atoms. The molecule has 0 spiro atoms. The maximum absolute atomic E-state index is 12.0. The number of carboxylic acids is 1. The van der Waals surface area contributed by atoms with Crippen molar-refractivity contribution >= 4 is 17.6 Å². The molecule has 1 aromatic carbocycles. The second-order valence-corrected chi connectivity index (χ2v) is 3.11. The van der Waals surface area contributed by atoms with Gasteiger partial charge < -0.3 is 15.2 Å². The van der Waals surface area contributed by atoms with Crippen LogP contribution in [0.15, 0.2) is 18.2 Å². The van der Waals surface area contributed by atoms with Gasteiger partial charge in [0, 0.05) is 18.7 Å². The number of hydrogen-bond donors (Lipinski definition) is 2. The summed E-state index contributed by atoms with van der Waals surface area (Å²) in [5, 5.41) is 11.0. The molecule has 7 heteroatoms. The fourth-order valence-corrected chi connectivity index (χ4v) is 1.17. The molecule has 0 unspecified atom stereocenters. The highest BCUT2D eigenvalue weighted by Crippen LogP contribution is 2.22. The van der Waals surface area contributed by atoms with E-state index in [1.54, 1.807) is 0 Å². The number of alkyl halides is 2. The Bertz CT molecular complexity index is 448. The standard InChI is InChI=1S/C10H9F2NO4/c1-5(14)13-7-2-6(9(15)16)3-8(4-7)17-10(11)12/h2-4,10H,1H3,(H,13,14)(H,15,16). The third-order valence-electron chi connectivity index (χ3n) is 1.70. The highest BCUT2D eigenvalue weighted by atomic mass is 19.3. The summed E-state index contributed by atoms with van der Waals surface area (Å²) in [7, 11) is 0. The molecule has 1 amide bonds. The van der Waals surface area contributed by atoms with Crippen molar-refractivity contribution in [2.75, 3.05) is 5.32 Å². The topological polar surface area (TPSA) is 75.6 Å². The maximum Gasteiger partial charge on any atom is 0.387 e. The summed E-state index contributed by atoms with van der Waals surface area (Å²) >= 11 is 0. The molecule has 0 aliphatic heterocycles. The molecule has 0 atom stereocenters. The number of benzene rings is 1. The van der Waals surface area contributed by atoms with Crippen molar-refractivity contribution in [2.45, 2.75) is 13.5 Å². The molecule has 0 aliphatic rings. The van der Waals surface area contributed by atoms with Crippen LogP contribution in [0, 0.1) is 0 Å². The minimum absolute atomic E-state index is 0.0769. The van der Waals surface area contributed by atoms with Gasteiger partial charge in [0.15, 0.2) is 0 Å². The molecular weight excluding hydrogens is 236 g/mol. The maximum atomic E-state index is 12.0. The van der Waals surface area contributed by atoms with Crippen LogP contribution in [0.3, 0.4) is 0 Å². The monoisotopic (exact) mass is 245 g/mol. The van der Waals surface area contributed by atoms with Crippen LogP contribution in [0.2, 0.25) is 0 Å². The molecule has 0 radical (unpaired) electrons. The van der Waals surface area contributed by atoms with Crippen LogP contribution in [0.4, 0.5) is 14.5 Å². The van der Waals surface area contributed by atoms with Gasteiger partial charge in [0.1, 0.15) is 5.75 Å². The number of halogens is 2. The first-order valence-corrected chi connectivity index (χ1v) is 4.49. The van der Waals surface area contributed by atoms with Gasteiger partial charge in [-0.1, -0.05) is 0 Å². The van der Waals surface area contributed by atoms with Crippen molar-refractivity contribution in [1.82, 2.24) is 0 Å². The third-order valence-corrected chi connectivity index (χ3v) is 1.70. The smallest absolute Gasteiger partial charge is 0.387 e. The van der Waals surface area contributed by atoms with E-state index in [2.05, 4.69) is 10.1 Å². The summed E-state index contributed by atoms with van der Waals surface area (Å²) in [5.41, 5.74) is -0.181. The van der Waals surface area contributed by atoms with Crippen molar-refractivity contribution in [2.24, 2.45) is 0 Å². The molecular formula is C10H9F2NO4. The van der Waals surface area contributed by atoms with Crippen molar-refractivity contribution < 1.29 is 28.2 Å². The Morgan fingerprint density at radius 1 is 1.35 bits per heavy atom. The van der Waals surface area contributed by atoms with E-state index in [4.69, 9.17) is 5.11 Å². The third kappa shape index (κ3) is 4.06. The summed E-state index contributed by atoms with van der Waals surface area (Å²) in [6.07, 6.45) is 0. The molecule has 92 valence electrons. The lowest BCUT2D eigenvalue weighted by molar-refractivity contribution is -0.114. The second kappa shape index (κ2) is 5.24. The Hall–Kier alpha value is -2.18. The van der Waals surface area contributed by atoms with E-state index in [1.807, 2.05) is 0 Å². The first-order chi connectivity index (χ1) is 7.88. The quantitative estimate of drug-likeness (QED) is 0.849. The normalized spacial score (nSPS) is 10.1. The van der Waals surface area contributed by atoms with Crippen LogP contribution in [-0.4, -0.2) is 23.6 Å². The molecule has 1 rings (SSSR count). The van der Waals surface area contributed by atoms with Crippen molar-refractivity contribution in [3.8, 4) is 5.75 Å². The minimum atomic E-state index is -3.07. The van der Waals surface area contributed by atoms with Gasteiger partial charge in [-0.25, -0.2) is 4.79 Å². The van der Waals surface area contributed by atoms with Gasteiger partial charge in [-0.15, -0.1) is 0 Å².